The van der Waals surface area contributed by atoms with Crippen molar-refractivity contribution in [2.75, 3.05) is 0 Å². The first-order valence-electron chi connectivity index (χ1n) is 3.57. The van der Waals surface area contributed by atoms with E-state index >= 15 is 0 Å². The molecule has 1 aromatic rings. The molecule has 0 bridgehead atoms. The van der Waals surface area contributed by atoms with Crippen molar-refractivity contribution in [3.8, 4) is 0 Å². The minimum Gasteiger partial charge on any atom is -0.267 e. The Labute approximate surface area is 61.9 Å². The van der Waals surface area contributed by atoms with E-state index in [0.717, 1.165) is 6.42 Å². The van der Waals surface area contributed by atoms with Crippen molar-refractivity contribution in [1.82, 2.24) is 9.78 Å². The van der Waals surface area contributed by atoms with Gasteiger partial charge in [-0.25, -0.2) is 0 Å². The van der Waals surface area contributed by atoms with E-state index in [9.17, 15) is 0 Å². The first-order valence-corrected chi connectivity index (χ1v) is 3.57. The lowest BCUT2D eigenvalue weighted by Gasteiger charge is -2.08. The summed E-state index contributed by atoms with van der Waals surface area (Å²) in [5, 5.41) is 4.16. The van der Waals surface area contributed by atoms with Crippen molar-refractivity contribution in [2.24, 2.45) is 0 Å². The van der Waals surface area contributed by atoms with E-state index in [0.29, 0.717) is 6.04 Å². The summed E-state index contributed by atoms with van der Waals surface area (Å²) in [7, 11) is 0. The van der Waals surface area contributed by atoms with E-state index in [2.05, 4.69) is 25.9 Å². The van der Waals surface area contributed by atoms with Crippen LogP contribution >= 0.6 is 0 Å². The molecule has 0 N–H and O–H groups in total. The van der Waals surface area contributed by atoms with E-state index in [4.69, 9.17) is 0 Å². The number of hydrogen-bond acceptors (Lipinski definition) is 1. The number of rotatable bonds is 2. The number of nitrogens with zero attached hydrogens (tertiary/aromatic N) is 2. The Hall–Kier alpha value is -0.790. The van der Waals surface area contributed by atoms with E-state index < -0.39 is 0 Å². The van der Waals surface area contributed by atoms with Gasteiger partial charge in [-0.3, -0.25) is 4.68 Å². The topological polar surface area (TPSA) is 17.8 Å². The maximum atomic E-state index is 4.16. The predicted octanol–water partition coefficient (Wildman–Crippen LogP) is 1.84. The van der Waals surface area contributed by atoms with Gasteiger partial charge < -0.3 is 0 Å². The molecular weight excluding hydrogens is 124 g/mol. The lowest BCUT2D eigenvalue weighted by atomic mass is 10.3. The fourth-order valence-corrected chi connectivity index (χ4v) is 1.00. The summed E-state index contributed by atoms with van der Waals surface area (Å²) < 4.78 is 1.99. The molecule has 0 fully saturated rings. The zero-order valence-electron chi connectivity index (χ0n) is 6.54. The van der Waals surface area contributed by atoms with Gasteiger partial charge in [0, 0.05) is 17.9 Å². The van der Waals surface area contributed by atoms with Gasteiger partial charge in [0.25, 0.3) is 0 Å². The van der Waals surface area contributed by atoms with Gasteiger partial charge in [0.05, 0.1) is 0 Å². The van der Waals surface area contributed by atoms with Crippen LogP contribution in [0.4, 0.5) is 0 Å². The molecule has 0 aliphatic heterocycles. The molecule has 0 aliphatic rings. The molecular formula is C8H13N2. The quantitative estimate of drug-likeness (QED) is 0.608. The first-order chi connectivity index (χ1) is 4.75. The second kappa shape index (κ2) is 2.86. The average Bonchev–Trinajstić information content (AvgIpc) is 2.33. The summed E-state index contributed by atoms with van der Waals surface area (Å²) in [5.74, 6) is 0. The predicted molar refractivity (Wildman–Crippen MR) is 41.7 cm³/mol. The van der Waals surface area contributed by atoms with Crippen LogP contribution in [0.15, 0.2) is 12.3 Å². The molecule has 1 rings (SSSR count). The molecule has 0 saturated heterocycles. The Bertz CT molecular complexity index is 201. The third-order valence-corrected chi connectivity index (χ3v) is 1.50. The van der Waals surface area contributed by atoms with Crippen LogP contribution in [0, 0.1) is 6.92 Å². The van der Waals surface area contributed by atoms with E-state index in [1.54, 1.807) is 0 Å². The van der Waals surface area contributed by atoms with Crippen molar-refractivity contribution in [2.45, 2.75) is 26.3 Å². The van der Waals surface area contributed by atoms with Gasteiger partial charge in [-0.2, -0.15) is 5.10 Å². The highest BCUT2D eigenvalue weighted by Gasteiger charge is 2.01. The molecule has 0 atom stereocenters. The van der Waals surface area contributed by atoms with Crippen molar-refractivity contribution in [3.63, 3.8) is 0 Å². The lowest BCUT2D eigenvalue weighted by molar-refractivity contribution is 0.514. The van der Waals surface area contributed by atoms with Crippen molar-refractivity contribution in [3.05, 3.63) is 24.9 Å². The van der Waals surface area contributed by atoms with Crippen molar-refractivity contribution >= 4 is 0 Å². The van der Waals surface area contributed by atoms with Gasteiger partial charge in [0.2, 0.25) is 0 Å². The van der Waals surface area contributed by atoms with Gasteiger partial charge in [-0.1, -0.05) is 0 Å². The minimum absolute atomic E-state index is 0.451. The average molecular weight is 137 g/mol. The normalized spacial score (nSPS) is 10.8. The van der Waals surface area contributed by atoms with E-state index in [1.165, 1.54) is 5.69 Å². The molecule has 0 aromatic carbocycles. The van der Waals surface area contributed by atoms with Crippen LogP contribution in [0.5, 0.6) is 0 Å². The monoisotopic (exact) mass is 137 g/mol. The highest BCUT2D eigenvalue weighted by molar-refractivity contribution is 5.02. The highest BCUT2D eigenvalue weighted by atomic mass is 15.3. The largest absolute Gasteiger partial charge is 0.267 e. The molecule has 2 nitrogen and oxygen atoms in total. The molecule has 0 unspecified atom stereocenters. The summed E-state index contributed by atoms with van der Waals surface area (Å²) in [6.45, 7) is 8.04. The van der Waals surface area contributed by atoms with Crippen LogP contribution in [0.1, 0.15) is 25.6 Å². The maximum absolute atomic E-state index is 4.16. The Morgan fingerprint density at radius 2 is 2.40 bits per heavy atom. The first kappa shape index (κ1) is 7.32. The van der Waals surface area contributed by atoms with Gasteiger partial charge >= 0.3 is 0 Å². The SMILES string of the molecule is [CH2]Cc1ccnn1C(C)C. The standard InChI is InChI=1S/C8H13N2/c1-4-8-5-6-9-10(8)7(2)3/h5-7H,1,4H2,2-3H3. The summed E-state index contributed by atoms with van der Waals surface area (Å²) >= 11 is 0. The molecule has 1 aromatic heterocycles. The third kappa shape index (κ3) is 1.20. The molecule has 0 aliphatic carbocycles. The smallest absolute Gasteiger partial charge is 0.0492 e. The summed E-state index contributed by atoms with van der Waals surface area (Å²) in [5.41, 5.74) is 1.20. The van der Waals surface area contributed by atoms with Gasteiger partial charge in [0.15, 0.2) is 0 Å². The zero-order valence-corrected chi connectivity index (χ0v) is 6.54. The molecule has 55 valence electrons. The number of hydrogen-bond donors (Lipinski definition) is 0. The van der Waals surface area contributed by atoms with Gasteiger partial charge in [-0.05, 0) is 33.3 Å². The summed E-state index contributed by atoms with van der Waals surface area (Å²) in [6, 6.07) is 2.46. The van der Waals surface area contributed by atoms with Gasteiger partial charge in [0.1, 0.15) is 0 Å². The van der Waals surface area contributed by atoms with Crippen LogP contribution in [0.25, 0.3) is 0 Å². The Morgan fingerprint density at radius 3 is 2.80 bits per heavy atom. The Kier molecular flexibility index (Phi) is 2.10. The minimum atomic E-state index is 0.451. The van der Waals surface area contributed by atoms with Crippen molar-refractivity contribution < 1.29 is 0 Å². The Morgan fingerprint density at radius 1 is 1.70 bits per heavy atom. The van der Waals surface area contributed by atoms with Crippen LogP contribution in [0.3, 0.4) is 0 Å². The molecule has 0 amide bonds. The van der Waals surface area contributed by atoms with Crippen LogP contribution < -0.4 is 0 Å². The summed E-state index contributed by atoms with van der Waals surface area (Å²) in [6.07, 6.45) is 2.64. The second-order valence-corrected chi connectivity index (χ2v) is 2.61. The van der Waals surface area contributed by atoms with Gasteiger partial charge in [-0.15, -0.1) is 0 Å². The highest BCUT2D eigenvalue weighted by Crippen LogP contribution is 2.07. The van der Waals surface area contributed by atoms with Crippen molar-refractivity contribution in [1.29, 1.82) is 0 Å². The Balaban J connectivity index is 2.90. The molecule has 2 heteroatoms. The molecule has 0 spiro atoms. The molecule has 0 saturated carbocycles. The van der Waals surface area contributed by atoms with E-state index in [-0.39, 0.29) is 0 Å². The van der Waals surface area contributed by atoms with E-state index in [1.807, 2.05) is 16.9 Å². The molecule has 1 radical (unpaired) electrons. The van der Waals surface area contributed by atoms with Crippen LogP contribution in [-0.2, 0) is 6.42 Å². The fourth-order valence-electron chi connectivity index (χ4n) is 1.00. The summed E-state index contributed by atoms with van der Waals surface area (Å²) in [4.78, 5) is 0. The zero-order chi connectivity index (χ0) is 7.56. The second-order valence-electron chi connectivity index (χ2n) is 2.61. The lowest BCUT2D eigenvalue weighted by Crippen LogP contribution is -2.06. The number of aromatic nitrogens is 2. The van der Waals surface area contributed by atoms with Crippen LogP contribution in [0.2, 0.25) is 0 Å². The molecule has 10 heavy (non-hydrogen) atoms. The third-order valence-electron chi connectivity index (χ3n) is 1.50. The fraction of sp³-hybridized carbons (Fsp3) is 0.500. The maximum Gasteiger partial charge on any atom is 0.0492 e. The van der Waals surface area contributed by atoms with Crippen LogP contribution in [-0.4, -0.2) is 9.78 Å². The molecule has 1 heterocycles.